The van der Waals surface area contributed by atoms with Crippen LogP contribution < -0.4 is 0 Å². The van der Waals surface area contributed by atoms with E-state index in [1.807, 2.05) is 17.5 Å². The molecule has 0 aliphatic carbocycles. The van der Waals surface area contributed by atoms with Crippen molar-refractivity contribution in [1.82, 2.24) is 9.55 Å². The SMILES string of the molecule is CCCC(c1cccs1)n1c(CC)c[nH]c1=S. The van der Waals surface area contributed by atoms with Gasteiger partial charge in [0.2, 0.25) is 0 Å². The van der Waals surface area contributed by atoms with Gasteiger partial charge in [0.05, 0.1) is 6.04 Å². The Labute approximate surface area is 111 Å². The van der Waals surface area contributed by atoms with Gasteiger partial charge >= 0.3 is 0 Å². The molecule has 0 aliphatic rings. The second-order valence-corrected chi connectivity index (χ2v) is 5.49. The predicted octanol–water partition coefficient (Wildman–Crippen LogP) is 4.56. The summed E-state index contributed by atoms with van der Waals surface area (Å²) in [6.45, 7) is 4.40. The van der Waals surface area contributed by atoms with E-state index in [-0.39, 0.29) is 0 Å². The minimum Gasteiger partial charge on any atom is -0.337 e. The largest absolute Gasteiger partial charge is 0.337 e. The van der Waals surface area contributed by atoms with E-state index in [2.05, 4.69) is 40.9 Å². The molecule has 1 N–H and O–H groups in total. The van der Waals surface area contributed by atoms with Crippen molar-refractivity contribution < 1.29 is 0 Å². The Morgan fingerprint density at radius 1 is 1.47 bits per heavy atom. The molecule has 4 heteroatoms. The van der Waals surface area contributed by atoms with Crippen molar-refractivity contribution in [1.29, 1.82) is 0 Å². The zero-order valence-corrected chi connectivity index (χ0v) is 11.9. The Kier molecular flexibility index (Phi) is 4.18. The lowest BCUT2D eigenvalue weighted by Gasteiger charge is -2.19. The number of nitrogens with zero attached hydrogens (tertiary/aromatic N) is 1. The van der Waals surface area contributed by atoms with Gasteiger partial charge in [0, 0.05) is 16.8 Å². The molecule has 0 amide bonds. The highest BCUT2D eigenvalue weighted by Crippen LogP contribution is 2.29. The van der Waals surface area contributed by atoms with Crippen LogP contribution >= 0.6 is 23.6 Å². The minimum atomic E-state index is 0.397. The molecular formula is C13H18N2S2. The molecule has 1 unspecified atom stereocenters. The molecule has 2 aromatic rings. The van der Waals surface area contributed by atoms with Crippen molar-refractivity contribution in [2.75, 3.05) is 0 Å². The summed E-state index contributed by atoms with van der Waals surface area (Å²) in [5.41, 5.74) is 1.29. The first-order chi connectivity index (χ1) is 8.27. The van der Waals surface area contributed by atoms with Gasteiger partial charge in [-0.15, -0.1) is 11.3 Å². The number of imidazole rings is 1. The minimum absolute atomic E-state index is 0.397. The predicted molar refractivity (Wildman–Crippen MR) is 76.4 cm³/mol. The van der Waals surface area contributed by atoms with Gasteiger partial charge in [-0.05, 0) is 36.5 Å². The second kappa shape index (κ2) is 5.65. The molecule has 92 valence electrons. The number of hydrogen-bond acceptors (Lipinski definition) is 2. The topological polar surface area (TPSA) is 20.7 Å². The Bertz CT molecular complexity index is 508. The average molecular weight is 266 g/mol. The number of nitrogens with one attached hydrogen (secondary N) is 1. The number of H-pyrrole nitrogens is 1. The lowest BCUT2D eigenvalue weighted by Crippen LogP contribution is -2.12. The van der Waals surface area contributed by atoms with E-state index in [1.165, 1.54) is 17.0 Å². The molecule has 0 saturated heterocycles. The molecule has 17 heavy (non-hydrogen) atoms. The quantitative estimate of drug-likeness (QED) is 0.787. The van der Waals surface area contributed by atoms with E-state index >= 15 is 0 Å². The van der Waals surface area contributed by atoms with Crippen molar-refractivity contribution in [2.45, 2.75) is 39.2 Å². The summed E-state index contributed by atoms with van der Waals surface area (Å²) in [6.07, 6.45) is 5.36. The van der Waals surface area contributed by atoms with E-state index < -0.39 is 0 Å². The van der Waals surface area contributed by atoms with Crippen molar-refractivity contribution >= 4 is 23.6 Å². The van der Waals surface area contributed by atoms with E-state index in [0.29, 0.717) is 6.04 Å². The van der Waals surface area contributed by atoms with Crippen LogP contribution in [0.1, 0.15) is 43.3 Å². The number of aryl methyl sites for hydroxylation is 1. The zero-order valence-electron chi connectivity index (χ0n) is 10.3. The van der Waals surface area contributed by atoms with Gasteiger partial charge < -0.3 is 9.55 Å². The summed E-state index contributed by atoms with van der Waals surface area (Å²) in [4.78, 5) is 4.57. The molecule has 0 saturated carbocycles. The van der Waals surface area contributed by atoms with Crippen LogP contribution in [0.2, 0.25) is 0 Å². The highest BCUT2D eigenvalue weighted by atomic mass is 32.1. The number of rotatable bonds is 5. The second-order valence-electron chi connectivity index (χ2n) is 4.13. The maximum Gasteiger partial charge on any atom is 0.177 e. The Morgan fingerprint density at radius 2 is 2.29 bits per heavy atom. The van der Waals surface area contributed by atoms with Crippen LogP contribution in [0.15, 0.2) is 23.7 Å². The summed E-state index contributed by atoms with van der Waals surface area (Å²) >= 11 is 7.23. The van der Waals surface area contributed by atoms with Crippen molar-refractivity contribution in [3.8, 4) is 0 Å². The van der Waals surface area contributed by atoms with Gasteiger partial charge in [0.25, 0.3) is 0 Å². The molecule has 2 heterocycles. The number of aromatic amines is 1. The zero-order chi connectivity index (χ0) is 12.3. The van der Waals surface area contributed by atoms with E-state index in [4.69, 9.17) is 12.2 Å². The molecular weight excluding hydrogens is 248 g/mol. The third kappa shape index (κ3) is 2.53. The lowest BCUT2D eigenvalue weighted by molar-refractivity contribution is 0.520. The van der Waals surface area contributed by atoms with Crippen LogP contribution in [0, 0.1) is 4.77 Å². The Morgan fingerprint density at radius 3 is 2.88 bits per heavy atom. The fourth-order valence-corrected chi connectivity index (χ4v) is 3.34. The Balaban J connectivity index is 2.45. The standard InChI is InChI=1S/C13H18N2S2/c1-3-6-11(12-7-5-8-17-12)15-10(4-2)9-14-13(15)16/h5,7-9,11H,3-4,6H2,1-2H3,(H,14,16). The van der Waals surface area contributed by atoms with Gasteiger partial charge in [-0.1, -0.05) is 26.3 Å². The van der Waals surface area contributed by atoms with Crippen LogP contribution in [0.4, 0.5) is 0 Å². The highest BCUT2D eigenvalue weighted by molar-refractivity contribution is 7.71. The number of hydrogen-bond donors (Lipinski definition) is 1. The first kappa shape index (κ1) is 12.6. The van der Waals surface area contributed by atoms with Crippen molar-refractivity contribution in [3.05, 3.63) is 39.1 Å². The first-order valence-corrected chi connectivity index (χ1v) is 7.38. The van der Waals surface area contributed by atoms with Crippen LogP contribution in [0.5, 0.6) is 0 Å². The summed E-state index contributed by atoms with van der Waals surface area (Å²) in [7, 11) is 0. The molecule has 0 aromatic carbocycles. The molecule has 2 aromatic heterocycles. The molecule has 0 radical (unpaired) electrons. The molecule has 1 atom stereocenters. The van der Waals surface area contributed by atoms with E-state index in [1.54, 1.807) is 0 Å². The van der Waals surface area contributed by atoms with Crippen LogP contribution in [-0.2, 0) is 6.42 Å². The third-order valence-corrected chi connectivity index (χ3v) is 4.29. The number of aromatic nitrogens is 2. The average Bonchev–Trinajstić information content (AvgIpc) is 2.95. The fourth-order valence-electron chi connectivity index (χ4n) is 2.18. The van der Waals surface area contributed by atoms with Gasteiger partial charge in [-0.3, -0.25) is 0 Å². The van der Waals surface area contributed by atoms with Gasteiger partial charge in [0.15, 0.2) is 4.77 Å². The molecule has 2 nitrogen and oxygen atoms in total. The Hall–Kier alpha value is -0.870. The maximum atomic E-state index is 5.42. The van der Waals surface area contributed by atoms with Crippen LogP contribution in [0.3, 0.4) is 0 Å². The van der Waals surface area contributed by atoms with E-state index in [0.717, 1.165) is 17.6 Å². The maximum absolute atomic E-state index is 5.42. The molecule has 0 aliphatic heterocycles. The monoisotopic (exact) mass is 266 g/mol. The van der Waals surface area contributed by atoms with Gasteiger partial charge in [-0.25, -0.2) is 0 Å². The molecule has 0 fully saturated rings. The molecule has 0 bridgehead atoms. The lowest BCUT2D eigenvalue weighted by atomic mass is 10.1. The van der Waals surface area contributed by atoms with E-state index in [9.17, 15) is 0 Å². The summed E-state index contributed by atoms with van der Waals surface area (Å²) in [6, 6.07) is 4.72. The van der Waals surface area contributed by atoms with Crippen LogP contribution in [0.25, 0.3) is 0 Å². The molecule has 2 rings (SSSR count). The summed E-state index contributed by atoms with van der Waals surface area (Å²) < 4.78 is 3.12. The smallest absolute Gasteiger partial charge is 0.177 e. The first-order valence-electron chi connectivity index (χ1n) is 6.10. The fraction of sp³-hybridized carbons (Fsp3) is 0.462. The normalized spacial score (nSPS) is 12.8. The summed E-state index contributed by atoms with van der Waals surface area (Å²) in [5.74, 6) is 0. The van der Waals surface area contributed by atoms with Gasteiger partial charge in [0.1, 0.15) is 0 Å². The summed E-state index contributed by atoms with van der Waals surface area (Å²) in [5, 5.41) is 2.14. The highest BCUT2D eigenvalue weighted by Gasteiger charge is 2.17. The van der Waals surface area contributed by atoms with Crippen LogP contribution in [-0.4, -0.2) is 9.55 Å². The van der Waals surface area contributed by atoms with Crippen molar-refractivity contribution in [2.24, 2.45) is 0 Å². The van der Waals surface area contributed by atoms with Crippen molar-refractivity contribution in [3.63, 3.8) is 0 Å². The van der Waals surface area contributed by atoms with Gasteiger partial charge in [-0.2, -0.15) is 0 Å². The molecule has 0 spiro atoms. The third-order valence-electron chi connectivity index (χ3n) is 3.00. The number of thiophene rings is 1.